The van der Waals surface area contributed by atoms with Crippen LogP contribution >= 0.6 is 12.6 Å². The number of rotatable bonds is 5. The molecule has 0 amide bonds. The monoisotopic (exact) mass is 196 g/mol. The molecule has 0 rings (SSSR count). The summed E-state index contributed by atoms with van der Waals surface area (Å²) in [6, 6.07) is 1.38. The molecule has 0 aliphatic heterocycles. The van der Waals surface area contributed by atoms with Crippen molar-refractivity contribution < 1.29 is 4.43 Å². The first-order valence-corrected chi connectivity index (χ1v) is 14.3. The van der Waals surface area contributed by atoms with Crippen molar-refractivity contribution in [3.63, 3.8) is 0 Å². The maximum atomic E-state index is 5.40. The molecule has 1 unspecified atom stereocenters. The van der Waals surface area contributed by atoms with Gasteiger partial charge < -0.3 is 4.43 Å². The number of hydrogen-bond donors (Lipinski definition) is 1. The topological polar surface area (TPSA) is 9.23 Å². The quantitative estimate of drug-likeness (QED) is 0.421. The Morgan fingerprint density at radius 3 is 2.78 bits per heavy atom. The summed E-state index contributed by atoms with van der Waals surface area (Å²) in [5.74, 6) is 1.04. The minimum atomic E-state index is -0.558. The van der Waals surface area contributed by atoms with Gasteiger partial charge in [-0.3, -0.25) is 0 Å². The third-order valence-electron chi connectivity index (χ3n) is 1.47. The molecule has 0 radical (unpaired) electrons. The van der Waals surface area contributed by atoms with Crippen LogP contribution in [0.3, 0.4) is 0 Å². The third kappa shape index (κ3) is 5.41. The molecule has 0 aliphatic rings. The molecule has 1 atom stereocenters. The van der Waals surface area contributed by atoms with E-state index in [0.717, 1.165) is 5.75 Å². The molecule has 0 spiro atoms. The summed E-state index contributed by atoms with van der Waals surface area (Å²) >= 11 is 4.17. The van der Waals surface area contributed by atoms with Crippen LogP contribution in [0.5, 0.6) is 0 Å². The van der Waals surface area contributed by atoms with E-state index in [2.05, 4.69) is 12.6 Å². The molecule has 56 valence electrons. The summed E-state index contributed by atoms with van der Waals surface area (Å²) in [5.41, 5.74) is 0. The van der Waals surface area contributed by atoms with Crippen LogP contribution in [0.1, 0.15) is 6.42 Å². The van der Waals surface area contributed by atoms with Gasteiger partial charge in [-0.25, -0.2) is 0 Å². The molecule has 0 saturated carbocycles. The third-order valence-corrected chi connectivity index (χ3v) is 17.6. The van der Waals surface area contributed by atoms with E-state index in [-0.39, 0.29) is 0 Å². The first-order chi connectivity index (χ1) is 4.35. The Bertz CT molecular complexity index is 59.8. The summed E-state index contributed by atoms with van der Waals surface area (Å²) in [5, 5.41) is 0. The van der Waals surface area contributed by atoms with Crippen molar-refractivity contribution in [1.82, 2.24) is 0 Å². The highest BCUT2D eigenvalue weighted by molar-refractivity contribution is 7.80. The fourth-order valence-corrected chi connectivity index (χ4v) is 12.7. The standard InChI is InChI=1S/C4H16OSSi3/c1-5-9(8-7)4-2-3-6/h6,9H,2-4,8H2,1,7H3. The zero-order valence-electron chi connectivity index (χ0n) is 6.26. The Balaban J connectivity index is 3.09. The Morgan fingerprint density at radius 2 is 2.44 bits per heavy atom. The second-order valence-electron chi connectivity index (χ2n) is 2.13. The van der Waals surface area contributed by atoms with Gasteiger partial charge in [0.15, 0.2) is 8.56 Å². The smallest absolute Gasteiger partial charge is 0.154 e. The van der Waals surface area contributed by atoms with Crippen molar-refractivity contribution in [3.8, 4) is 0 Å². The maximum absolute atomic E-state index is 5.40. The van der Waals surface area contributed by atoms with E-state index < -0.39 is 8.56 Å². The van der Waals surface area contributed by atoms with Crippen molar-refractivity contribution >= 4 is 39.5 Å². The summed E-state index contributed by atoms with van der Waals surface area (Å²) in [7, 11) is 3.11. The minimum Gasteiger partial charge on any atom is -0.427 e. The highest BCUT2D eigenvalue weighted by atomic mass is 32.1. The Hall–Kier alpha value is 0.961. The lowest BCUT2D eigenvalue weighted by atomic mass is 10.6. The number of thiol groups is 1. The van der Waals surface area contributed by atoms with Gasteiger partial charge in [-0.2, -0.15) is 12.6 Å². The van der Waals surface area contributed by atoms with Crippen molar-refractivity contribution in [1.29, 1.82) is 0 Å². The molecule has 0 saturated heterocycles. The van der Waals surface area contributed by atoms with Crippen molar-refractivity contribution in [2.45, 2.75) is 12.5 Å². The zero-order valence-corrected chi connectivity index (χ0v) is 11.7. The average molecular weight is 196 g/mol. The van der Waals surface area contributed by atoms with Crippen LogP contribution < -0.4 is 0 Å². The van der Waals surface area contributed by atoms with Gasteiger partial charge in [-0.05, 0) is 28.0 Å². The van der Waals surface area contributed by atoms with E-state index in [0.29, 0.717) is 8.55 Å². The molecule has 0 N–H and O–H groups in total. The van der Waals surface area contributed by atoms with Gasteiger partial charge in [0, 0.05) is 15.7 Å². The van der Waals surface area contributed by atoms with Crippen LogP contribution in [0, 0.1) is 0 Å². The van der Waals surface area contributed by atoms with Gasteiger partial charge in [0.25, 0.3) is 0 Å². The molecule has 0 aromatic carbocycles. The van der Waals surface area contributed by atoms with E-state index in [1.165, 1.54) is 22.2 Å². The summed E-state index contributed by atoms with van der Waals surface area (Å²) in [6.07, 6.45) is 1.28. The molecular weight excluding hydrogens is 180 g/mol. The van der Waals surface area contributed by atoms with Gasteiger partial charge in [0.2, 0.25) is 0 Å². The predicted molar refractivity (Wildman–Crippen MR) is 55.9 cm³/mol. The van der Waals surface area contributed by atoms with Crippen LogP contribution in [-0.2, 0) is 4.43 Å². The molecule has 0 aromatic heterocycles. The number of hydrogen-bond acceptors (Lipinski definition) is 2. The van der Waals surface area contributed by atoms with Crippen molar-refractivity contribution in [2.24, 2.45) is 0 Å². The van der Waals surface area contributed by atoms with Crippen LogP contribution in [0.4, 0.5) is 0 Å². The summed E-state index contributed by atoms with van der Waals surface area (Å²) in [4.78, 5) is 0. The van der Waals surface area contributed by atoms with E-state index in [1.54, 1.807) is 0 Å². The second kappa shape index (κ2) is 7.07. The fourth-order valence-electron chi connectivity index (χ4n) is 0.808. The molecule has 5 heteroatoms. The molecule has 0 aromatic rings. The van der Waals surface area contributed by atoms with E-state index >= 15 is 0 Å². The zero-order chi connectivity index (χ0) is 7.11. The first kappa shape index (κ1) is 9.96. The second-order valence-corrected chi connectivity index (χ2v) is 18.2. The van der Waals surface area contributed by atoms with Crippen LogP contribution in [-0.4, -0.2) is 39.7 Å². The van der Waals surface area contributed by atoms with Crippen molar-refractivity contribution in [2.75, 3.05) is 12.9 Å². The maximum Gasteiger partial charge on any atom is 0.154 e. The summed E-state index contributed by atoms with van der Waals surface area (Å²) < 4.78 is 5.40. The fraction of sp³-hybridized carbons (Fsp3) is 1.00. The molecule has 0 heterocycles. The Kier molecular flexibility index (Phi) is 7.83. The molecule has 1 nitrogen and oxygen atoms in total. The predicted octanol–water partition coefficient (Wildman–Crippen LogP) is -1.38. The SMILES string of the molecule is CO[SiH](CCCS)[SiH2][SiH3]. The normalized spacial score (nSPS) is 15.3. The van der Waals surface area contributed by atoms with Crippen LogP contribution in [0.15, 0.2) is 0 Å². The Labute approximate surface area is 69.5 Å². The highest BCUT2D eigenvalue weighted by Gasteiger charge is 2.04. The van der Waals surface area contributed by atoms with Gasteiger partial charge in [-0.1, -0.05) is 0 Å². The van der Waals surface area contributed by atoms with Crippen molar-refractivity contribution in [3.05, 3.63) is 0 Å². The summed E-state index contributed by atoms with van der Waals surface area (Å²) in [6.45, 7) is 0. The van der Waals surface area contributed by atoms with E-state index in [1.807, 2.05) is 7.11 Å². The molecule has 0 fully saturated rings. The van der Waals surface area contributed by atoms with Crippen LogP contribution in [0.25, 0.3) is 0 Å². The lowest BCUT2D eigenvalue weighted by Gasteiger charge is -2.08. The lowest BCUT2D eigenvalue weighted by molar-refractivity contribution is 0.433. The lowest BCUT2D eigenvalue weighted by Crippen LogP contribution is -2.25. The van der Waals surface area contributed by atoms with E-state index in [9.17, 15) is 0 Å². The van der Waals surface area contributed by atoms with Gasteiger partial charge in [-0.15, -0.1) is 0 Å². The van der Waals surface area contributed by atoms with Gasteiger partial charge in [0.1, 0.15) is 0 Å². The van der Waals surface area contributed by atoms with Gasteiger partial charge >= 0.3 is 0 Å². The largest absolute Gasteiger partial charge is 0.427 e. The molecule has 9 heavy (non-hydrogen) atoms. The average Bonchev–Trinajstić information content (AvgIpc) is 1.91. The minimum absolute atomic E-state index is 0.329. The van der Waals surface area contributed by atoms with E-state index in [4.69, 9.17) is 4.43 Å². The Morgan fingerprint density at radius 1 is 1.78 bits per heavy atom. The van der Waals surface area contributed by atoms with Gasteiger partial charge in [0.05, 0.1) is 0 Å². The molecular formula is C4H16OSSi3. The molecule has 0 aliphatic carbocycles. The van der Waals surface area contributed by atoms with Crippen LogP contribution in [0.2, 0.25) is 6.04 Å². The highest BCUT2D eigenvalue weighted by Crippen LogP contribution is 1.97. The molecule has 0 bridgehead atoms. The first-order valence-electron chi connectivity index (χ1n) is 3.48.